The first-order chi connectivity index (χ1) is 35.0. The van der Waals surface area contributed by atoms with Crippen LogP contribution in [-0.2, 0) is 15.7 Å². The predicted octanol–water partition coefficient (Wildman–Crippen LogP) is 12.8. The molecule has 8 nitrogen and oxygen atoms in total. The molecule has 7 aromatic rings. The lowest BCUT2D eigenvalue weighted by atomic mass is 9.95. The number of pyridine rings is 2. The highest BCUT2D eigenvalue weighted by molar-refractivity contribution is 6.99. The van der Waals surface area contributed by atoms with Gasteiger partial charge in [0.2, 0.25) is 5.88 Å². The van der Waals surface area contributed by atoms with Crippen molar-refractivity contribution >= 4 is 54.1 Å². The second-order valence-corrected chi connectivity index (χ2v) is 31.7. The van der Waals surface area contributed by atoms with Gasteiger partial charge in [-0.3, -0.25) is 4.79 Å². The zero-order chi connectivity index (χ0) is 51.8. The van der Waals surface area contributed by atoms with Crippen molar-refractivity contribution in [3.8, 4) is 34.4 Å². The minimum absolute atomic E-state index is 0.0580. The molecule has 0 amide bonds. The largest absolute Gasteiger partial charge is 0.475 e. The molecule has 1 saturated heterocycles. The molecule has 0 saturated carbocycles. The Morgan fingerprint density at radius 2 is 1.42 bits per heavy atom. The fourth-order valence-electron chi connectivity index (χ4n) is 12.2. The molecular weight excluding hydrogens is 949 g/mol. The van der Waals surface area contributed by atoms with Crippen molar-refractivity contribution in [3.05, 3.63) is 154 Å². The molecule has 5 aromatic carbocycles. The van der Waals surface area contributed by atoms with E-state index < -0.39 is 28.0 Å². The smallest absolute Gasteiger partial charge is 0.261 e. The number of anilines is 1. The predicted molar refractivity (Wildman–Crippen MR) is 298 cm³/mol. The van der Waals surface area contributed by atoms with Gasteiger partial charge < -0.3 is 28.1 Å². The lowest BCUT2D eigenvalue weighted by Crippen LogP contribution is -2.67. The Balaban J connectivity index is 1.24. The topological polar surface area (TPSA) is 75.1 Å². The maximum Gasteiger partial charge on any atom is 0.261 e. The molecule has 1 unspecified atom stereocenters. The summed E-state index contributed by atoms with van der Waals surface area (Å²) in [5.74, 6) is 2.70. The molecular formula is C61H69F2N3O5Si2. The third-order valence-electron chi connectivity index (χ3n) is 15.7. The van der Waals surface area contributed by atoms with Crippen LogP contribution in [0.1, 0.15) is 92.7 Å². The molecule has 0 spiro atoms. The average Bonchev–Trinajstić information content (AvgIpc) is 3.65. The summed E-state index contributed by atoms with van der Waals surface area (Å²) in [6.45, 7) is 21.0. The van der Waals surface area contributed by atoms with Gasteiger partial charge in [-0.25, -0.2) is 13.8 Å². The zero-order valence-electron chi connectivity index (χ0n) is 44.0. The lowest BCUT2D eigenvalue weighted by molar-refractivity contribution is 0.0512. The molecule has 9 rings (SSSR count). The van der Waals surface area contributed by atoms with Crippen LogP contribution in [0, 0.1) is 23.1 Å². The Morgan fingerprint density at radius 3 is 2.03 bits per heavy atom. The molecule has 2 aliphatic rings. The van der Waals surface area contributed by atoms with E-state index in [0.29, 0.717) is 63.6 Å². The molecule has 0 bridgehead atoms. The highest BCUT2D eigenvalue weighted by atomic mass is 28.4. The standard InChI is InChI=1S/C61H69F2N3O5Si2/c1-40(2)72(41(3)4,42(5)6)33-31-50-52(62)29-26-44-34-47(70-39-68-10)35-51(55(44)50)58-57(63)59-56-53(36-54(67)66(59)37-43-20-14-11-15-21-43)65-32-30-46(28-27-45(65)38-69-60(56)64-58)71-73(61(7,8)9,48-22-16-12-17-23-48)49-24-18-13-19-25-49/h11-26,29,34-36,40-42,45-46H,27-28,30,32,37-39H2,1-10H3/t45-,46?/m1/s1. The number of aromatic nitrogens is 2. The minimum atomic E-state index is -2.90. The molecule has 2 aliphatic heterocycles. The van der Waals surface area contributed by atoms with E-state index in [1.165, 1.54) is 28.1 Å². The van der Waals surface area contributed by atoms with E-state index in [4.69, 9.17) is 23.6 Å². The third-order valence-corrected chi connectivity index (χ3v) is 27.0. The highest BCUT2D eigenvalue weighted by Gasteiger charge is 2.52. The van der Waals surface area contributed by atoms with Gasteiger partial charge in [0.1, 0.15) is 31.9 Å². The van der Waals surface area contributed by atoms with Crippen LogP contribution in [0.5, 0.6) is 11.6 Å². The third kappa shape index (κ3) is 9.54. The fourth-order valence-corrected chi connectivity index (χ4v) is 22.2. The van der Waals surface area contributed by atoms with Crippen LogP contribution in [0.2, 0.25) is 21.7 Å². The van der Waals surface area contributed by atoms with Crippen molar-refractivity contribution in [1.29, 1.82) is 0 Å². The Morgan fingerprint density at radius 1 is 0.795 bits per heavy atom. The normalized spacial score (nSPS) is 16.3. The summed E-state index contributed by atoms with van der Waals surface area (Å²) in [4.78, 5) is 22.3. The summed E-state index contributed by atoms with van der Waals surface area (Å²) in [6, 6.07) is 38.9. The number of hydrogen-bond donors (Lipinski definition) is 0. The number of methoxy groups -OCH3 is 1. The SMILES string of the molecule is COCOc1cc(-c2nc3c4c(cc(=O)n(Cc5ccccc5)c4c2F)N2CCC(O[Si](c4ccccc4)(c4ccccc4)C(C)(C)C)CC[C@@H]2CO3)c2c(C#C[Si](C(C)C)(C(C)C)C(C)C)c(F)ccc2c1. The minimum Gasteiger partial charge on any atom is -0.475 e. The quantitative estimate of drug-likeness (QED) is 0.0647. The first kappa shape index (κ1) is 51.8. The van der Waals surface area contributed by atoms with Crippen molar-refractivity contribution < 1.29 is 27.4 Å². The lowest BCUT2D eigenvalue weighted by Gasteiger charge is -2.45. The molecule has 0 aliphatic carbocycles. The second kappa shape index (κ2) is 21.0. The monoisotopic (exact) mass is 1020 g/mol. The first-order valence-electron chi connectivity index (χ1n) is 25.9. The average molecular weight is 1020 g/mol. The first-order valence-corrected chi connectivity index (χ1v) is 30.0. The Hall–Kier alpha value is -6.11. The molecule has 0 N–H and O–H groups in total. The van der Waals surface area contributed by atoms with Crippen LogP contribution in [0.15, 0.2) is 126 Å². The molecule has 0 radical (unpaired) electrons. The van der Waals surface area contributed by atoms with Gasteiger partial charge in [0.25, 0.3) is 13.9 Å². The molecule has 1 fully saturated rings. The summed E-state index contributed by atoms with van der Waals surface area (Å²) in [5.41, 5.74) is 6.01. The number of ether oxygens (including phenoxy) is 3. The Bertz CT molecular complexity index is 3180. The molecule has 380 valence electrons. The Kier molecular flexibility index (Phi) is 14.9. The van der Waals surface area contributed by atoms with Gasteiger partial charge in [-0.1, -0.05) is 165 Å². The summed E-state index contributed by atoms with van der Waals surface area (Å²) < 4.78 is 62.8. The molecule has 4 heterocycles. The maximum atomic E-state index is 18.7. The molecule has 2 atom stereocenters. The van der Waals surface area contributed by atoms with E-state index in [2.05, 4.69) is 139 Å². The van der Waals surface area contributed by atoms with E-state index >= 15 is 8.78 Å². The van der Waals surface area contributed by atoms with Crippen molar-refractivity contribution in [1.82, 2.24) is 9.55 Å². The number of halogens is 2. The van der Waals surface area contributed by atoms with Gasteiger partial charge in [0.15, 0.2) is 12.6 Å². The number of hydrogen-bond acceptors (Lipinski definition) is 7. The van der Waals surface area contributed by atoms with Crippen LogP contribution in [0.3, 0.4) is 0 Å². The van der Waals surface area contributed by atoms with Gasteiger partial charge in [-0.2, -0.15) is 0 Å². The van der Waals surface area contributed by atoms with Crippen LogP contribution in [-0.4, -0.2) is 65.1 Å². The number of nitrogens with zero attached hydrogens (tertiary/aromatic N) is 3. The van der Waals surface area contributed by atoms with Crippen LogP contribution in [0.4, 0.5) is 14.5 Å². The summed E-state index contributed by atoms with van der Waals surface area (Å²) >= 11 is 0. The summed E-state index contributed by atoms with van der Waals surface area (Å²) in [6.07, 6.45) is 2.00. The van der Waals surface area contributed by atoms with Crippen molar-refractivity contribution in [2.75, 3.05) is 32.0 Å². The van der Waals surface area contributed by atoms with Crippen LogP contribution >= 0.6 is 0 Å². The van der Waals surface area contributed by atoms with Crippen LogP contribution < -0.4 is 30.3 Å². The second-order valence-electron chi connectivity index (χ2n) is 21.9. The van der Waals surface area contributed by atoms with Crippen molar-refractivity contribution in [2.45, 2.75) is 122 Å². The van der Waals surface area contributed by atoms with Crippen molar-refractivity contribution in [3.63, 3.8) is 0 Å². The molecule has 12 heteroatoms. The van der Waals surface area contributed by atoms with E-state index in [0.717, 1.165) is 12.0 Å². The van der Waals surface area contributed by atoms with Crippen LogP contribution in [0.25, 0.3) is 32.9 Å². The fraction of sp³-hybridized carbons (Fsp3) is 0.377. The summed E-state index contributed by atoms with van der Waals surface area (Å²) in [5, 5.41) is 3.62. The number of benzene rings is 5. The summed E-state index contributed by atoms with van der Waals surface area (Å²) in [7, 11) is -3.74. The number of rotatable bonds is 13. The van der Waals surface area contributed by atoms with E-state index in [9.17, 15) is 4.79 Å². The molecule has 73 heavy (non-hydrogen) atoms. The zero-order valence-corrected chi connectivity index (χ0v) is 46.0. The van der Waals surface area contributed by atoms with Gasteiger partial charge in [0.05, 0.1) is 34.7 Å². The van der Waals surface area contributed by atoms with Gasteiger partial charge in [-0.05, 0) is 80.4 Å². The van der Waals surface area contributed by atoms with E-state index in [1.807, 2.05) is 30.3 Å². The molecule has 2 aromatic heterocycles. The van der Waals surface area contributed by atoms with Gasteiger partial charge in [-0.15, -0.1) is 5.54 Å². The van der Waals surface area contributed by atoms with E-state index in [1.54, 1.807) is 24.3 Å². The van der Waals surface area contributed by atoms with Gasteiger partial charge in [0, 0.05) is 36.8 Å². The highest BCUT2D eigenvalue weighted by Crippen LogP contribution is 2.46. The van der Waals surface area contributed by atoms with E-state index in [-0.39, 0.29) is 70.9 Å². The Labute approximate surface area is 431 Å². The van der Waals surface area contributed by atoms with Gasteiger partial charge >= 0.3 is 0 Å². The maximum absolute atomic E-state index is 18.7. The van der Waals surface area contributed by atoms with Crippen molar-refractivity contribution in [2.24, 2.45) is 0 Å². The number of fused-ring (bicyclic) bond motifs is 3.